The Bertz CT molecular complexity index is 1100. The van der Waals surface area contributed by atoms with Crippen LogP contribution in [0.1, 0.15) is 17.4 Å². The van der Waals surface area contributed by atoms with Gasteiger partial charge in [0.25, 0.3) is 5.91 Å². The van der Waals surface area contributed by atoms with Gasteiger partial charge in [-0.05, 0) is 30.2 Å². The van der Waals surface area contributed by atoms with Gasteiger partial charge in [-0.3, -0.25) is 19.6 Å². The summed E-state index contributed by atoms with van der Waals surface area (Å²) in [6, 6.07) is 3.98. The highest BCUT2D eigenvalue weighted by molar-refractivity contribution is 8.01. The lowest BCUT2D eigenvalue weighted by Gasteiger charge is -2.49. The molecule has 3 atom stereocenters. The highest BCUT2D eigenvalue weighted by Crippen LogP contribution is 2.41. The number of carboxylic acids is 1. The zero-order chi connectivity index (χ0) is 23.0. The van der Waals surface area contributed by atoms with E-state index in [2.05, 4.69) is 20.5 Å². The van der Waals surface area contributed by atoms with Gasteiger partial charge in [0.1, 0.15) is 34.7 Å². The number of nitrogens with one attached hydrogen (secondary N) is 2. The summed E-state index contributed by atoms with van der Waals surface area (Å²) in [4.78, 5) is 42.7. The van der Waals surface area contributed by atoms with Gasteiger partial charge in [-0.2, -0.15) is 0 Å². The van der Waals surface area contributed by atoms with Gasteiger partial charge in [-0.25, -0.2) is 9.78 Å². The summed E-state index contributed by atoms with van der Waals surface area (Å²) in [6.07, 6.45) is 0. The SMILES string of the molecule is Cc1nc(SCC2=C(C(=O)O)N3C(=O)C(NC(=O)C(N)c4ccc(O)cc4)[C@H]3SC2)n[nH]1. The first kappa shape index (κ1) is 22.2. The standard InChI is InChI=1S/C19H20N6O5S2/c1-8-21-19(24-23-8)32-7-10-6-31-17-13(16(28)25(17)14(10)18(29)30)22-15(27)12(20)9-2-4-11(26)5-3-9/h2-5,12-13,17,26H,6-7,20H2,1H3,(H,22,27)(H,29,30)(H,21,23,24)/t12?,13?,17-/m1/s1. The van der Waals surface area contributed by atoms with E-state index in [1.807, 2.05) is 0 Å². The lowest BCUT2D eigenvalue weighted by atomic mass is 10.0. The topological polar surface area (TPSA) is 175 Å². The summed E-state index contributed by atoms with van der Waals surface area (Å²) in [5.74, 6) is -0.840. The number of aromatic nitrogens is 3. The van der Waals surface area contributed by atoms with Crippen LogP contribution in [0.15, 0.2) is 40.7 Å². The molecule has 2 aliphatic rings. The van der Waals surface area contributed by atoms with Crippen molar-refractivity contribution in [3.8, 4) is 5.75 Å². The second-order valence-corrected chi connectivity index (χ2v) is 9.26. The lowest BCUT2D eigenvalue weighted by Crippen LogP contribution is -2.71. The fourth-order valence-corrected chi connectivity index (χ4v) is 5.74. The Kier molecular flexibility index (Phi) is 6.13. The molecular formula is C19H20N6O5S2. The van der Waals surface area contributed by atoms with Gasteiger partial charge in [0, 0.05) is 11.5 Å². The van der Waals surface area contributed by atoms with Crippen molar-refractivity contribution in [2.24, 2.45) is 5.73 Å². The van der Waals surface area contributed by atoms with Gasteiger partial charge >= 0.3 is 5.97 Å². The summed E-state index contributed by atoms with van der Waals surface area (Å²) in [6.45, 7) is 1.76. The number of fused-ring (bicyclic) bond motifs is 1. The van der Waals surface area contributed by atoms with Crippen LogP contribution in [-0.2, 0) is 14.4 Å². The fourth-order valence-electron chi connectivity index (χ4n) is 3.41. The molecule has 0 bridgehead atoms. The minimum absolute atomic E-state index is 0.0462. The van der Waals surface area contributed by atoms with Crippen molar-refractivity contribution in [3.63, 3.8) is 0 Å². The van der Waals surface area contributed by atoms with Crippen LogP contribution < -0.4 is 11.1 Å². The van der Waals surface area contributed by atoms with Crippen LogP contribution in [0, 0.1) is 6.92 Å². The molecule has 168 valence electrons. The Morgan fingerprint density at radius 1 is 1.41 bits per heavy atom. The zero-order valence-corrected chi connectivity index (χ0v) is 18.4. The number of nitrogens with zero attached hydrogens (tertiary/aromatic N) is 3. The molecule has 13 heteroatoms. The second-order valence-electron chi connectivity index (χ2n) is 7.21. The Morgan fingerprint density at radius 3 is 2.75 bits per heavy atom. The van der Waals surface area contributed by atoms with E-state index in [9.17, 15) is 24.6 Å². The zero-order valence-electron chi connectivity index (χ0n) is 16.8. The number of nitrogens with two attached hydrogens (primary N) is 1. The van der Waals surface area contributed by atoms with E-state index in [4.69, 9.17) is 5.73 Å². The number of amides is 2. The Labute approximate surface area is 190 Å². The highest BCUT2D eigenvalue weighted by atomic mass is 32.2. The average Bonchev–Trinajstić information content (AvgIpc) is 3.20. The quantitative estimate of drug-likeness (QED) is 0.277. The molecule has 1 fully saturated rings. The lowest BCUT2D eigenvalue weighted by molar-refractivity contribution is -0.150. The highest BCUT2D eigenvalue weighted by Gasteiger charge is 2.54. The summed E-state index contributed by atoms with van der Waals surface area (Å²) in [5, 5.41) is 28.5. The first-order chi connectivity index (χ1) is 15.3. The molecule has 2 amide bonds. The predicted molar refractivity (Wildman–Crippen MR) is 117 cm³/mol. The van der Waals surface area contributed by atoms with Gasteiger partial charge in [0.05, 0.1) is 0 Å². The van der Waals surface area contributed by atoms with Crippen LogP contribution in [0.25, 0.3) is 0 Å². The van der Waals surface area contributed by atoms with Gasteiger partial charge in [-0.1, -0.05) is 23.9 Å². The van der Waals surface area contributed by atoms with Gasteiger partial charge in [0.15, 0.2) is 0 Å². The van der Waals surface area contributed by atoms with Crippen molar-refractivity contribution >= 4 is 41.3 Å². The number of β-lactam (4-membered cyclic amide) rings is 1. The number of H-pyrrole nitrogens is 1. The molecule has 1 aromatic heterocycles. The van der Waals surface area contributed by atoms with E-state index in [0.29, 0.717) is 33.6 Å². The number of aromatic amines is 1. The van der Waals surface area contributed by atoms with Crippen molar-refractivity contribution in [2.75, 3.05) is 11.5 Å². The summed E-state index contributed by atoms with van der Waals surface area (Å²) in [5.41, 5.74) is 6.98. The minimum Gasteiger partial charge on any atom is -0.508 e. The van der Waals surface area contributed by atoms with Crippen molar-refractivity contribution in [1.82, 2.24) is 25.4 Å². The maximum Gasteiger partial charge on any atom is 0.352 e. The third-order valence-electron chi connectivity index (χ3n) is 5.03. The van der Waals surface area contributed by atoms with Crippen LogP contribution >= 0.6 is 23.5 Å². The molecule has 1 aromatic carbocycles. The Hall–Kier alpha value is -3.03. The van der Waals surface area contributed by atoms with E-state index in [1.165, 1.54) is 52.7 Å². The van der Waals surface area contributed by atoms with E-state index in [0.717, 1.165) is 0 Å². The molecular weight excluding hydrogens is 456 g/mol. The first-order valence-electron chi connectivity index (χ1n) is 9.53. The third-order valence-corrected chi connectivity index (χ3v) is 7.31. The number of hydrogen-bond donors (Lipinski definition) is 5. The molecule has 0 radical (unpaired) electrons. The maximum absolute atomic E-state index is 12.8. The molecule has 0 saturated carbocycles. The number of phenolic OH excluding ortho intramolecular Hbond substituents is 1. The van der Waals surface area contributed by atoms with Gasteiger partial charge in [-0.15, -0.1) is 16.9 Å². The molecule has 1 saturated heterocycles. The Morgan fingerprint density at radius 2 is 2.12 bits per heavy atom. The number of carbonyl (C=O) groups excluding carboxylic acids is 2. The van der Waals surface area contributed by atoms with Crippen LogP contribution in [0.3, 0.4) is 0 Å². The number of carbonyl (C=O) groups is 3. The van der Waals surface area contributed by atoms with E-state index >= 15 is 0 Å². The normalized spacial score (nSPS) is 21.1. The first-order valence-corrected chi connectivity index (χ1v) is 11.6. The van der Waals surface area contributed by atoms with Crippen molar-refractivity contribution in [2.45, 2.75) is 29.5 Å². The average molecular weight is 477 g/mol. The van der Waals surface area contributed by atoms with Gasteiger partial charge < -0.3 is 21.3 Å². The number of phenols is 1. The molecule has 11 nitrogen and oxygen atoms in total. The van der Waals surface area contributed by atoms with Crippen molar-refractivity contribution < 1.29 is 24.6 Å². The van der Waals surface area contributed by atoms with Gasteiger partial charge in [0.2, 0.25) is 11.1 Å². The maximum atomic E-state index is 12.8. The predicted octanol–water partition coefficient (Wildman–Crippen LogP) is 0.349. The number of aromatic hydroxyl groups is 1. The number of benzene rings is 1. The number of hydrogen-bond acceptors (Lipinski definition) is 9. The number of thioether (sulfide) groups is 2. The van der Waals surface area contributed by atoms with Crippen LogP contribution in [-0.4, -0.2) is 71.0 Å². The Balaban J connectivity index is 1.45. The fraction of sp³-hybridized carbons (Fsp3) is 0.316. The number of carboxylic acid groups (broad SMARTS) is 1. The molecule has 2 aliphatic heterocycles. The van der Waals surface area contributed by atoms with E-state index in [-0.39, 0.29) is 11.4 Å². The van der Waals surface area contributed by atoms with Crippen LogP contribution in [0.5, 0.6) is 5.75 Å². The monoisotopic (exact) mass is 476 g/mol. The molecule has 2 unspecified atom stereocenters. The summed E-state index contributed by atoms with van der Waals surface area (Å²) in [7, 11) is 0. The molecule has 32 heavy (non-hydrogen) atoms. The number of aryl methyl sites for hydroxylation is 1. The second kappa shape index (κ2) is 8.84. The van der Waals surface area contributed by atoms with Crippen molar-refractivity contribution in [3.05, 3.63) is 46.9 Å². The molecule has 0 aliphatic carbocycles. The molecule has 6 N–H and O–H groups in total. The van der Waals surface area contributed by atoms with Crippen LogP contribution in [0.4, 0.5) is 0 Å². The summed E-state index contributed by atoms with van der Waals surface area (Å²) < 4.78 is 0. The molecule has 4 rings (SSSR count). The summed E-state index contributed by atoms with van der Waals surface area (Å²) >= 11 is 2.66. The molecule has 3 heterocycles. The van der Waals surface area contributed by atoms with E-state index < -0.39 is 35.2 Å². The van der Waals surface area contributed by atoms with Crippen LogP contribution in [0.2, 0.25) is 0 Å². The smallest absolute Gasteiger partial charge is 0.352 e. The van der Waals surface area contributed by atoms with Crippen molar-refractivity contribution in [1.29, 1.82) is 0 Å². The number of aliphatic carboxylic acids is 1. The largest absolute Gasteiger partial charge is 0.508 e. The third kappa shape index (κ3) is 4.18. The number of rotatable bonds is 7. The molecule has 2 aromatic rings. The molecule has 0 spiro atoms. The minimum atomic E-state index is -1.20. The van der Waals surface area contributed by atoms with E-state index in [1.54, 1.807) is 6.92 Å².